The van der Waals surface area contributed by atoms with Gasteiger partial charge < -0.3 is 5.11 Å². The SMILES string of the molecule is OC(Cc1nc2ccccc2s1)c1cncc(F)c1. The van der Waals surface area contributed by atoms with E-state index in [4.69, 9.17) is 0 Å². The van der Waals surface area contributed by atoms with Gasteiger partial charge in [0.25, 0.3) is 0 Å². The fraction of sp³-hybridized carbons (Fsp3) is 0.143. The predicted octanol–water partition coefficient (Wildman–Crippen LogP) is 3.11. The molecule has 1 unspecified atom stereocenters. The highest BCUT2D eigenvalue weighted by Crippen LogP contribution is 2.26. The van der Waals surface area contributed by atoms with E-state index in [0.29, 0.717) is 12.0 Å². The van der Waals surface area contributed by atoms with Gasteiger partial charge in [-0.05, 0) is 18.2 Å². The summed E-state index contributed by atoms with van der Waals surface area (Å²) < 4.78 is 14.1. The van der Waals surface area contributed by atoms with Crippen molar-refractivity contribution >= 4 is 21.6 Å². The third-order valence-corrected chi connectivity index (χ3v) is 3.88. The summed E-state index contributed by atoms with van der Waals surface area (Å²) in [4.78, 5) is 8.18. The van der Waals surface area contributed by atoms with Gasteiger partial charge in [0, 0.05) is 18.2 Å². The normalized spacial score (nSPS) is 12.7. The lowest BCUT2D eigenvalue weighted by atomic mass is 10.1. The molecular formula is C14H11FN2OS. The summed E-state index contributed by atoms with van der Waals surface area (Å²) >= 11 is 1.54. The van der Waals surface area contributed by atoms with E-state index in [2.05, 4.69) is 9.97 Å². The van der Waals surface area contributed by atoms with Gasteiger partial charge in [0.2, 0.25) is 0 Å². The predicted molar refractivity (Wildman–Crippen MR) is 72.5 cm³/mol. The molecule has 96 valence electrons. The maximum atomic E-state index is 13.0. The van der Waals surface area contributed by atoms with Crippen LogP contribution >= 0.6 is 11.3 Å². The third kappa shape index (κ3) is 2.62. The topological polar surface area (TPSA) is 46.0 Å². The lowest BCUT2D eigenvalue weighted by Crippen LogP contribution is -2.02. The molecule has 0 amide bonds. The van der Waals surface area contributed by atoms with Crippen LogP contribution in [0.5, 0.6) is 0 Å². The zero-order chi connectivity index (χ0) is 13.2. The van der Waals surface area contributed by atoms with Gasteiger partial charge in [0.1, 0.15) is 5.82 Å². The minimum Gasteiger partial charge on any atom is -0.388 e. The van der Waals surface area contributed by atoms with Crippen molar-refractivity contribution < 1.29 is 9.50 Å². The molecule has 2 aromatic heterocycles. The fourth-order valence-corrected chi connectivity index (χ4v) is 2.90. The number of hydrogen-bond acceptors (Lipinski definition) is 4. The molecular weight excluding hydrogens is 263 g/mol. The van der Waals surface area contributed by atoms with Crippen molar-refractivity contribution in [3.05, 3.63) is 59.1 Å². The van der Waals surface area contributed by atoms with Crippen molar-refractivity contribution in [1.29, 1.82) is 0 Å². The molecule has 5 heteroatoms. The Morgan fingerprint density at radius 2 is 2.11 bits per heavy atom. The molecule has 0 saturated carbocycles. The van der Waals surface area contributed by atoms with Crippen LogP contribution in [-0.2, 0) is 6.42 Å². The molecule has 0 fully saturated rings. The van der Waals surface area contributed by atoms with E-state index in [1.807, 2.05) is 24.3 Å². The number of pyridine rings is 1. The number of fused-ring (bicyclic) bond motifs is 1. The molecule has 0 bridgehead atoms. The van der Waals surface area contributed by atoms with E-state index in [9.17, 15) is 9.50 Å². The molecule has 0 spiro atoms. The standard InChI is InChI=1S/C14H11FN2OS/c15-10-5-9(7-16-8-10)12(18)6-14-17-11-3-1-2-4-13(11)19-14/h1-5,7-8,12,18H,6H2. The average molecular weight is 274 g/mol. The number of thiazole rings is 1. The Kier molecular flexibility index (Phi) is 3.23. The highest BCUT2D eigenvalue weighted by Gasteiger charge is 2.13. The van der Waals surface area contributed by atoms with Crippen LogP contribution in [0.3, 0.4) is 0 Å². The molecule has 3 aromatic rings. The molecule has 0 aliphatic carbocycles. The van der Waals surface area contributed by atoms with Crippen LogP contribution in [0.1, 0.15) is 16.7 Å². The number of benzene rings is 1. The Morgan fingerprint density at radius 3 is 2.89 bits per heavy atom. The third-order valence-electron chi connectivity index (χ3n) is 2.82. The summed E-state index contributed by atoms with van der Waals surface area (Å²) in [7, 11) is 0. The molecule has 1 atom stereocenters. The summed E-state index contributed by atoms with van der Waals surface area (Å²) in [5.74, 6) is -0.444. The van der Waals surface area contributed by atoms with Crippen molar-refractivity contribution in [3.8, 4) is 0 Å². The highest BCUT2D eigenvalue weighted by molar-refractivity contribution is 7.18. The molecule has 3 rings (SSSR count). The van der Waals surface area contributed by atoms with Gasteiger partial charge in [0.15, 0.2) is 0 Å². The zero-order valence-corrected chi connectivity index (χ0v) is 10.8. The minimum atomic E-state index is -0.788. The van der Waals surface area contributed by atoms with Crippen LogP contribution < -0.4 is 0 Å². The van der Waals surface area contributed by atoms with Gasteiger partial charge in [-0.15, -0.1) is 11.3 Å². The van der Waals surface area contributed by atoms with E-state index >= 15 is 0 Å². The number of para-hydroxylation sites is 1. The molecule has 19 heavy (non-hydrogen) atoms. The number of aliphatic hydroxyl groups excluding tert-OH is 1. The number of rotatable bonds is 3. The summed E-state index contributed by atoms with van der Waals surface area (Å²) in [6.45, 7) is 0. The first kappa shape index (κ1) is 12.2. The monoisotopic (exact) mass is 274 g/mol. The van der Waals surface area contributed by atoms with Crippen LogP contribution in [0.4, 0.5) is 4.39 Å². The van der Waals surface area contributed by atoms with Crippen molar-refractivity contribution in [1.82, 2.24) is 9.97 Å². The Labute approximate surface area is 113 Å². The van der Waals surface area contributed by atoms with Crippen LogP contribution in [0.25, 0.3) is 10.2 Å². The minimum absolute atomic E-state index is 0.366. The van der Waals surface area contributed by atoms with E-state index in [0.717, 1.165) is 21.4 Å². The number of aliphatic hydroxyl groups is 1. The second-order valence-electron chi connectivity index (χ2n) is 4.23. The summed E-state index contributed by atoms with van der Waals surface area (Å²) in [6, 6.07) is 9.11. The van der Waals surface area contributed by atoms with Crippen LogP contribution in [0, 0.1) is 5.82 Å². The lowest BCUT2D eigenvalue weighted by molar-refractivity contribution is 0.177. The van der Waals surface area contributed by atoms with E-state index < -0.39 is 11.9 Å². The number of aromatic nitrogens is 2. The first-order chi connectivity index (χ1) is 9.22. The Balaban J connectivity index is 1.84. The van der Waals surface area contributed by atoms with Crippen LogP contribution in [0.2, 0.25) is 0 Å². The lowest BCUT2D eigenvalue weighted by Gasteiger charge is -2.08. The van der Waals surface area contributed by atoms with Gasteiger partial charge >= 0.3 is 0 Å². The second-order valence-corrected chi connectivity index (χ2v) is 5.35. The van der Waals surface area contributed by atoms with Crippen molar-refractivity contribution in [2.75, 3.05) is 0 Å². The Hall–Kier alpha value is -1.85. The number of halogens is 1. The van der Waals surface area contributed by atoms with Gasteiger partial charge in [-0.3, -0.25) is 4.98 Å². The molecule has 0 aliphatic heterocycles. The van der Waals surface area contributed by atoms with E-state index in [-0.39, 0.29) is 0 Å². The van der Waals surface area contributed by atoms with Gasteiger partial charge in [-0.2, -0.15) is 0 Å². The largest absolute Gasteiger partial charge is 0.388 e. The molecule has 0 radical (unpaired) electrons. The van der Waals surface area contributed by atoms with Crippen LogP contribution in [-0.4, -0.2) is 15.1 Å². The maximum Gasteiger partial charge on any atom is 0.141 e. The Bertz CT molecular complexity index is 680. The summed E-state index contributed by atoms with van der Waals surface area (Å²) in [5.41, 5.74) is 1.39. The second kappa shape index (κ2) is 5.03. The van der Waals surface area contributed by atoms with Gasteiger partial charge in [-0.25, -0.2) is 9.37 Å². The van der Waals surface area contributed by atoms with Gasteiger partial charge in [-0.1, -0.05) is 12.1 Å². The average Bonchev–Trinajstić information content (AvgIpc) is 2.80. The zero-order valence-electron chi connectivity index (χ0n) is 9.95. The number of nitrogens with zero attached hydrogens (tertiary/aromatic N) is 2. The molecule has 1 aromatic carbocycles. The number of hydrogen-bond donors (Lipinski definition) is 1. The molecule has 0 aliphatic rings. The van der Waals surface area contributed by atoms with E-state index in [1.165, 1.54) is 23.6 Å². The van der Waals surface area contributed by atoms with Gasteiger partial charge in [0.05, 0.1) is 27.5 Å². The quantitative estimate of drug-likeness (QED) is 0.798. The molecule has 3 nitrogen and oxygen atoms in total. The molecule has 1 N–H and O–H groups in total. The maximum absolute atomic E-state index is 13.0. The summed E-state index contributed by atoms with van der Waals surface area (Å²) in [6.07, 6.45) is 2.17. The van der Waals surface area contributed by atoms with Crippen LogP contribution in [0.15, 0.2) is 42.7 Å². The van der Waals surface area contributed by atoms with Crippen molar-refractivity contribution in [3.63, 3.8) is 0 Å². The fourth-order valence-electron chi connectivity index (χ4n) is 1.90. The smallest absolute Gasteiger partial charge is 0.141 e. The first-order valence-electron chi connectivity index (χ1n) is 5.85. The highest BCUT2D eigenvalue weighted by atomic mass is 32.1. The summed E-state index contributed by atoms with van der Waals surface area (Å²) in [5, 5.41) is 10.9. The molecule has 0 saturated heterocycles. The van der Waals surface area contributed by atoms with Crippen molar-refractivity contribution in [2.45, 2.75) is 12.5 Å². The Morgan fingerprint density at radius 1 is 1.26 bits per heavy atom. The first-order valence-corrected chi connectivity index (χ1v) is 6.67. The van der Waals surface area contributed by atoms with Crippen molar-refractivity contribution in [2.24, 2.45) is 0 Å². The van der Waals surface area contributed by atoms with E-state index in [1.54, 1.807) is 0 Å². The molecule has 2 heterocycles.